The number of nitro benzene ring substituents is 1. The van der Waals surface area contributed by atoms with Gasteiger partial charge in [0.2, 0.25) is 0 Å². The maximum absolute atomic E-state index is 10.9. The topological polar surface area (TPSA) is 69.4 Å². The van der Waals surface area contributed by atoms with E-state index in [0.717, 1.165) is 0 Å². The molecule has 0 atom stereocenters. The molecule has 2 aromatic carbocycles. The number of carbonyl (C=O) groups is 1. The molecule has 0 spiro atoms. The van der Waals surface area contributed by atoms with Gasteiger partial charge in [0.1, 0.15) is 5.75 Å². The van der Waals surface area contributed by atoms with E-state index < -0.39 is 4.92 Å². The summed E-state index contributed by atoms with van der Waals surface area (Å²) in [4.78, 5) is 21.1. The van der Waals surface area contributed by atoms with Crippen molar-refractivity contribution in [1.82, 2.24) is 0 Å². The zero-order chi connectivity index (χ0) is 14.7. The highest BCUT2D eigenvalue weighted by molar-refractivity contribution is 6.32. The van der Waals surface area contributed by atoms with Gasteiger partial charge in [-0.25, -0.2) is 0 Å². The monoisotopic (exact) mass is 311 g/mol. The number of hydrogen-bond acceptors (Lipinski definition) is 4. The van der Waals surface area contributed by atoms with E-state index in [1.165, 1.54) is 36.4 Å². The van der Waals surface area contributed by atoms with Gasteiger partial charge in [-0.3, -0.25) is 14.9 Å². The number of halogens is 2. The zero-order valence-electron chi connectivity index (χ0n) is 9.88. The highest BCUT2D eigenvalue weighted by Crippen LogP contribution is 2.34. The smallest absolute Gasteiger partial charge is 0.273 e. The van der Waals surface area contributed by atoms with Crippen LogP contribution in [-0.4, -0.2) is 11.2 Å². The number of benzene rings is 2. The number of hydrogen-bond donors (Lipinski definition) is 0. The fraction of sp³-hybridized carbons (Fsp3) is 0. The Morgan fingerprint density at radius 1 is 1.10 bits per heavy atom. The van der Waals surface area contributed by atoms with Crippen LogP contribution in [0.1, 0.15) is 10.4 Å². The first-order chi connectivity index (χ1) is 9.51. The van der Waals surface area contributed by atoms with Gasteiger partial charge < -0.3 is 4.74 Å². The molecular weight excluding hydrogens is 305 g/mol. The van der Waals surface area contributed by atoms with Crippen molar-refractivity contribution >= 4 is 35.2 Å². The molecule has 0 radical (unpaired) electrons. The summed E-state index contributed by atoms with van der Waals surface area (Å²) in [7, 11) is 0. The van der Waals surface area contributed by atoms with Crippen molar-refractivity contribution in [1.29, 1.82) is 0 Å². The molecule has 102 valence electrons. The molecular formula is C13H7Cl2NO4. The van der Waals surface area contributed by atoms with Crippen LogP contribution in [0.3, 0.4) is 0 Å². The van der Waals surface area contributed by atoms with Crippen LogP contribution in [0.15, 0.2) is 36.4 Å². The molecule has 20 heavy (non-hydrogen) atoms. The van der Waals surface area contributed by atoms with Gasteiger partial charge in [-0.2, -0.15) is 0 Å². The molecule has 0 saturated carbocycles. The first-order valence-electron chi connectivity index (χ1n) is 5.38. The molecule has 0 aliphatic carbocycles. The summed E-state index contributed by atoms with van der Waals surface area (Å²) in [5.74, 6) is 0.251. The first kappa shape index (κ1) is 14.3. The van der Waals surface area contributed by atoms with Gasteiger partial charge in [-0.1, -0.05) is 23.2 Å². The molecule has 0 amide bonds. The van der Waals surface area contributed by atoms with Crippen LogP contribution in [0.25, 0.3) is 0 Å². The summed E-state index contributed by atoms with van der Waals surface area (Å²) >= 11 is 11.7. The molecule has 0 heterocycles. The van der Waals surface area contributed by atoms with Crippen molar-refractivity contribution in [3.05, 3.63) is 62.1 Å². The second kappa shape index (κ2) is 5.90. The maximum Gasteiger partial charge on any atom is 0.273 e. The second-order valence-electron chi connectivity index (χ2n) is 3.77. The van der Waals surface area contributed by atoms with Gasteiger partial charge in [0.15, 0.2) is 12.0 Å². The number of rotatable bonds is 4. The van der Waals surface area contributed by atoms with Crippen molar-refractivity contribution in [2.45, 2.75) is 0 Å². The van der Waals surface area contributed by atoms with Crippen LogP contribution in [0.2, 0.25) is 10.0 Å². The minimum Gasteiger partial charge on any atom is -0.455 e. The van der Waals surface area contributed by atoms with Crippen molar-refractivity contribution in [3.8, 4) is 11.5 Å². The molecule has 2 aromatic rings. The molecule has 0 aliphatic rings. The molecule has 0 N–H and O–H groups in total. The SMILES string of the molecule is O=Cc1ccc(Cl)cc1Oc1cc([N+](=O)[O-])ccc1Cl. The standard InChI is InChI=1S/C13H7Cl2NO4/c14-9-2-1-8(7-17)12(5-9)20-13-6-10(16(18)19)3-4-11(13)15/h1-7H. The Labute approximate surface area is 123 Å². The van der Waals surface area contributed by atoms with Gasteiger partial charge in [-0.15, -0.1) is 0 Å². The summed E-state index contributed by atoms with van der Waals surface area (Å²) < 4.78 is 5.45. The Kier molecular flexibility index (Phi) is 4.22. The van der Waals surface area contributed by atoms with E-state index in [4.69, 9.17) is 27.9 Å². The fourth-order valence-corrected chi connectivity index (χ4v) is 1.81. The Morgan fingerprint density at radius 3 is 2.50 bits per heavy atom. The summed E-state index contributed by atoms with van der Waals surface area (Å²) in [6, 6.07) is 8.23. The molecule has 5 nitrogen and oxygen atoms in total. The van der Waals surface area contributed by atoms with Crippen LogP contribution in [0.5, 0.6) is 11.5 Å². The highest BCUT2D eigenvalue weighted by atomic mass is 35.5. The van der Waals surface area contributed by atoms with E-state index in [1.54, 1.807) is 0 Å². The summed E-state index contributed by atoms with van der Waals surface area (Å²) in [5, 5.41) is 11.3. The number of non-ortho nitro benzene ring substituents is 1. The third-order valence-electron chi connectivity index (χ3n) is 2.45. The van der Waals surface area contributed by atoms with E-state index >= 15 is 0 Å². The van der Waals surface area contributed by atoms with Crippen LogP contribution in [0, 0.1) is 10.1 Å². The van der Waals surface area contributed by atoms with Gasteiger partial charge in [0.05, 0.1) is 21.6 Å². The van der Waals surface area contributed by atoms with Gasteiger partial charge in [0.25, 0.3) is 5.69 Å². The molecule has 0 saturated heterocycles. The van der Waals surface area contributed by atoms with Gasteiger partial charge in [-0.05, 0) is 18.2 Å². The Morgan fingerprint density at radius 2 is 1.85 bits per heavy atom. The Bertz CT molecular complexity index is 688. The zero-order valence-corrected chi connectivity index (χ0v) is 11.4. The van der Waals surface area contributed by atoms with Crippen molar-refractivity contribution in [3.63, 3.8) is 0 Å². The molecule has 0 aromatic heterocycles. The number of ether oxygens (including phenoxy) is 1. The van der Waals surface area contributed by atoms with E-state index in [-0.39, 0.29) is 27.8 Å². The predicted octanol–water partition coefficient (Wildman–Crippen LogP) is 4.51. The van der Waals surface area contributed by atoms with Gasteiger partial charge >= 0.3 is 0 Å². The second-order valence-corrected chi connectivity index (χ2v) is 4.62. The van der Waals surface area contributed by atoms with Crippen LogP contribution in [-0.2, 0) is 0 Å². The van der Waals surface area contributed by atoms with Crippen molar-refractivity contribution in [2.75, 3.05) is 0 Å². The van der Waals surface area contributed by atoms with Crippen molar-refractivity contribution in [2.24, 2.45) is 0 Å². The third-order valence-corrected chi connectivity index (χ3v) is 3.00. The number of aldehydes is 1. The average Bonchev–Trinajstić information content (AvgIpc) is 2.41. The van der Waals surface area contributed by atoms with E-state index in [1.807, 2.05) is 0 Å². The lowest BCUT2D eigenvalue weighted by molar-refractivity contribution is -0.384. The fourth-order valence-electron chi connectivity index (χ4n) is 1.50. The predicted molar refractivity (Wildman–Crippen MR) is 75.0 cm³/mol. The highest BCUT2D eigenvalue weighted by Gasteiger charge is 2.13. The lowest BCUT2D eigenvalue weighted by atomic mass is 10.2. The van der Waals surface area contributed by atoms with Crippen molar-refractivity contribution < 1.29 is 14.5 Å². The van der Waals surface area contributed by atoms with Crippen LogP contribution < -0.4 is 4.74 Å². The minimum absolute atomic E-state index is 0.0752. The molecule has 2 rings (SSSR count). The number of nitro groups is 1. The van der Waals surface area contributed by atoms with Gasteiger partial charge in [0, 0.05) is 17.2 Å². The molecule has 7 heteroatoms. The molecule has 0 fully saturated rings. The molecule has 0 bridgehead atoms. The third kappa shape index (κ3) is 3.07. The summed E-state index contributed by atoms with van der Waals surface area (Å²) in [5.41, 5.74) is 0.0936. The molecule has 0 aliphatic heterocycles. The first-order valence-corrected chi connectivity index (χ1v) is 6.13. The van der Waals surface area contributed by atoms with Crippen LogP contribution in [0.4, 0.5) is 5.69 Å². The Hall–Kier alpha value is -2.11. The largest absolute Gasteiger partial charge is 0.455 e. The lowest BCUT2D eigenvalue weighted by Gasteiger charge is -2.09. The number of carbonyl (C=O) groups excluding carboxylic acids is 1. The Balaban J connectivity index is 2.44. The van der Waals surface area contributed by atoms with E-state index in [2.05, 4.69) is 0 Å². The quantitative estimate of drug-likeness (QED) is 0.473. The van der Waals surface area contributed by atoms with E-state index in [9.17, 15) is 14.9 Å². The summed E-state index contributed by atoms with van der Waals surface area (Å²) in [6.45, 7) is 0. The molecule has 0 unspecified atom stereocenters. The maximum atomic E-state index is 10.9. The average molecular weight is 312 g/mol. The lowest BCUT2D eigenvalue weighted by Crippen LogP contribution is -1.93. The van der Waals surface area contributed by atoms with E-state index in [0.29, 0.717) is 11.3 Å². The normalized spacial score (nSPS) is 10.1. The van der Waals surface area contributed by atoms with Crippen LogP contribution >= 0.6 is 23.2 Å². The summed E-state index contributed by atoms with van der Waals surface area (Å²) in [6.07, 6.45) is 0.594. The number of nitrogens with zero attached hydrogens (tertiary/aromatic N) is 1. The minimum atomic E-state index is -0.568.